The van der Waals surface area contributed by atoms with Crippen LogP contribution in [0.4, 0.5) is 11.4 Å². The second kappa shape index (κ2) is 8.49. The van der Waals surface area contributed by atoms with Gasteiger partial charge in [0.15, 0.2) is 0 Å². The maximum Gasteiger partial charge on any atom is 0.321 e. The standard InChI is InChI=1S/C14H17N3O6/c1-3-6-15-11(14(19)20)8-13(18)16-10-7-9(17(21)22)4-5-12(10)23-2/h3-5,7,11,15H,1,6,8H2,2H3,(H,16,18)(H,19,20). The SMILES string of the molecule is C=CCNC(CC(=O)Nc1cc([N+](=O)[O-])ccc1OC)C(=O)O. The van der Waals surface area contributed by atoms with Gasteiger partial charge in [0.2, 0.25) is 5.91 Å². The molecule has 1 atom stereocenters. The molecule has 9 heteroatoms. The minimum atomic E-state index is -1.19. The van der Waals surface area contributed by atoms with Crippen LogP contribution in [-0.4, -0.2) is 41.6 Å². The van der Waals surface area contributed by atoms with E-state index in [1.807, 2.05) is 0 Å². The largest absolute Gasteiger partial charge is 0.495 e. The van der Waals surface area contributed by atoms with E-state index in [0.717, 1.165) is 6.07 Å². The third-order valence-corrected chi connectivity index (χ3v) is 2.86. The lowest BCUT2D eigenvalue weighted by Gasteiger charge is -2.14. The fourth-order valence-corrected chi connectivity index (χ4v) is 1.77. The van der Waals surface area contributed by atoms with Gasteiger partial charge in [-0.3, -0.25) is 19.7 Å². The summed E-state index contributed by atoms with van der Waals surface area (Å²) in [5.41, 5.74) is -0.125. The second-order valence-corrected chi connectivity index (χ2v) is 4.48. The first-order chi connectivity index (χ1) is 10.9. The number of hydrogen-bond donors (Lipinski definition) is 3. The van der Waals surface area contributed by atoms with Crippen LogP contribution in [0.25, 0.3) is 0 Å². The number of carboxylic acid groups (broad SMARTS) is 1. The summed E-state index contributed by atoms with van der Waals surface area (Å²) in [5, 5.41) is 24.9. The Balaban J connectivity index is 2.86. The van der Waals surface area contributed by atoms with Gasteiger partial charge >= 0.3 is 5.97 Å². The molecule has 0 aliphatic carbocycles. The lowest BCUT2D eigenvalue weighted by atomic mass is 10.2. The highest BCUT2D eigenvalue weighted by Crippen LogP contribution is 2.28. The van der Waals surface area contributed by atoms with Crippen LogP contribution in [0.1, 0.15) is 6.42 Å². The van der Waals surface area contributed by atoms with Gasteiger partial charge in [-0.1, -0.05) is 6.08 Å². The van der Waals surface area contributed by atoms with Gasteiger partial charge in [0.25, 0.3) is 5.69 Å². The quantitative estimate of drug-likeness (QED) is 0.353. The molecule has 0 fully saturated rings. The van der Waals surface area contributed by atoms with Crippen molar-refractivity contribution in [3.8, 4) is 5.75 Å². The van der Waals surface area contributed by atoms with Crippen LogP contribution >= 0.6 is 0 Å². The molecule has 0 saturated heterocycles. The van der Waals surface area contributed by atoms with E-state index >= 15 is 0 Å². The van der Waals surface area contributed by atoms with Gasteiger partial charge in [-0.2, -0.15) is 0 Å². The first-order valence-electron chi connectivity index (χ1n) is 6.58. The van der Waals surface area contributed by atoms with Gasteiger partial charge in [-0.05, 0) is 6.07 Å². The Hall–Kier alpha value is -2.94. The molecular formula is C14H17N3O6. The molecule has 0 saturated carbocycles. The van der Waals surface area contributed by atoms with Gasteiger partial charge in [0, 0.05) is 18.7 Å². The molecule has 0 aliphatic rings. The molecule has 1 aromatic carbocycles. The second-order valence-electron chi connectivity index (χ2n) is 4.48. The molecule has 9 nitrogen and oxygen atoms in total. The number of ether oxygens (including phenoxy) is 1. The number of aliphatic carboxylic acids is 1. The normalized spacial score (nSPS) is 11.3. The lowest BCUT2D eigenvalue weighted by Crippen LogP contribution is -2.39. The summed E-state index contributed by atoms with van der Waals surface area (Å²) in [6, 6.07) is 2.63. The zero-order valence-corrected chi connectivity index (χ0v) is 12.4. The molecule has 0 heterocycles. The molecular weight excluding hydrogens is 306 g/mol. The van der Waals surface area contributed by atoms with Crippen molar-refractivity contribution in [1.29, 1.82) is 0 Å². The Bertz CT molecular complexity index is 617. The van der Waals surface area contributed by atoms with Gasteiger partial charge in [-0.25, -0.2) is 0 Å². The number of methoxy groups -OCH3 is 1. The molecule has 0 aromatic heterocycles. The molecule has 124 valence electrons. The first-order valence-corrected chi connectivity index (χ1v) is 6.58. The number of benzene rings is 1. The van der Waals surface area contributed by atoms with Crippen molar-refractivity contribution < 1.29 is 24.4 Å². The minimum Gasteiger partial charge on any atom is -0.495 e. The minimum absolute atomic E-state index is 0.0968. The van der Waals surface area contributed by atoms with Crippen molar-refractivity contribution in [2.75, 3.05) is 19.0 Å². The van der Waals surface area contributed by atoms with Crippen LogP contribution in [0.15, 0.2) is 30.9 Å². The van der Waals surface area contributed by atoms with E-state index in [1.165, 1.54) is 25.3 Å². The predicted octanol–water partition coefficient (Wildman–Crippen LogP) is 1.16. The van der Waals surface area contributed by atoms with Gasteiger partial charge < -0.3 is 20.5 Å². The van der Waals surface area contributed by atoms with Crippen molar-refractivity contribution in [3.63, 3.8) is 0 Å². The number of non-ortho nitro benzene ring substituents is 1. The van der Waals surface area contributed by atoms with Gasteiger partial charge in [0.05, 0.1) is 24.1 Å². The monoisotopic (exact) mass is 323 g/mol. The Kier molecular flexibility index (Phi) is 6.68. The summed E-state index contributed by atoms with van der Waals surface area (Å²) < 4.78 is 5.02. The van der Waals surface area contributed by atoms with Crippen molar-refractivity contribution >= 4 is 23.3 Å². The van der Waals surface area contributed by atoms with Crippen molar-refractivity contribution in [2.24, 2.45) is 0 Å². The number of nitrogens with one attached hydrogen (secondary N) is 2. The smallest absolute Gasteiger partial charge is 0.321 e. The highest BCUT2D eigenvalue weighted by atomic mass is 16.6. The Morgan fingerprint density at radius 2 is 2.22 bits per heavy atom. The molecule has 1 rings (SSSR count). The Morgan fingerprint density at radius 3 is 2.74 bits per heavy atom. The van der Waals surface area contributed by atoms with E-state index < -0.39 is 22.8 Å². The Labute approximate surface area is 132 Å². The van der Waals surface area contributed by atoms with Crippen LogP contribution in [-0.2, 0) is 9.59 Å². The number of hydrogen-bond acceptors (Lipinski definition) is 6. The summed E-state index contributed by atoms with van der Waals surface area (Å²) in [6.07, 6.45) is 1.12. The number of carbonyl (C=O) groups excluding carboxylic acids is 1. The maximum absolute atomic E-state index is 12.0. The predicted molar refractivity (Wildman–Crippen MR) is 82.5 cm³/mol. The molecule has 23 heavy (non-hydrogen) atoms. The van der Waals surface area contributed by atoms with Crippen LogP contribution in [0.2, 0.25) is 0 Å². The Morgan fingerprint density at radius 1 is 1.52 bits per heavy atom. The van der Waals surface area contributed by atoms with Gasteiger partial charge in [-0.15, -0.1) is 6.58 Å². The van der Waals surface area contributed by atoms with Crippen molar-refractivity contribution in [1.82, 2.24) is 5.32 Å². The average molecular weight is 323 g/mol. The van der Waals surface area contributed by atoms with E-state index in [-0.39, 0.29) is 30.1 Å². The molecule has 0 spiro atoms. The third-order valence-electron chi connectivity index (χ3n) is 2.86. The number of nitro groups is 1. The number of nitrogens with zero attached hydrogens (tertiary/aromatic N) is 1. The third kappa shape index (κ3) is 5.40. The number of anilines is 1. The lowest BCUT2D eigenvalue weighted by molar-refractivity contribution is -0.384. The molecule has 1 unspecified atom stereocenters. The highest BCUT2D eigenvalue weighted by Gasteiger charge is 2.21. The number of amides is 1. The molecule has 0 radical (unpaired) electrons. The zero-order valence-electron chi connectivity index (χ0n) is 12.4. The molecule has 1 aromatic rings. The van der Waals surface area contributed by atoms with Gasteiger partial charge in [0.1, 0.15) is 11.8 Å². The summed E-state index contributed by atoms with van der Waals surface area (Å²) in [6.45, 7) is 3.68. The number of carbonyl (C=O) groups is 2. The molecule has 1 amide bonds. The number of rotatable bonds is 9. The van der Waals surface area contributed by atoms with Crippen molar-refractivity contribution in [3.05, 3.63) is 41.0 Å². The average Bonchev–Trinajstić information content (AvgIpc) is 2.50. The fourth-order valence-electron chi connectivity index (χ4n) is 1.77. The zero-order chi connectivity index (χ0) is 17.4. The van der Waals surface area contributed by atoms with E-state index in [2.05, 4.69) is 17.2 Å². The molecule has 0 aliphatic heterocycles. The molecule has 0 bridgehead atoms. The summed E-state index contributed by atoms with van der Waals surface area (Å²) in [7, 11) is 1.35. The van der Waals surface area contributed by atoms with Crippen LogP contribution in [0.5, 0.6) is 5.75 Å². The number of carboxylic acids is 1. The summed E-state index contributed by atoms with van der Waals surface area (Å²) >= 11 is 0. The van der Waals surface area contributed by atoms with Crippen molar-refractivity contribution in [2.45, 2.75) is 12.5 Å². The van der Waals surface area contributed by atoms with E-state index in [9.17, 15) is 19.7 Å². The fraction of sp³-hybridized carbons (Fsp3) is 0.286. The topological polar surface area (TPSA) is 131 Å². The maximum atomic E-state index is 12.0. The van der Waals surface area contributed by atoms with E-state index in [1.54, 1.807) is 0 Å². The summed E-state index contributed by atoms with van der Waals surface area (Å²) in [5.74, 6) is -1.57. The van der Waals surface area contributed by atoms with Crippen LogP contribution in [0.3, 0.4) is 0 Å². The molecule has 3 N–H and O–H groups in total. The van der Waals surface area contributed by atoms with E-state index in [4.69, 9.17) is 9.84 Å². The van der Waals surface area contributed by atoms with Crippen LogP contribution < -0.4 is 15.4 Å². The van der Waals surface area contributed by atoms with E-state index in [0.29, 0.717) is 0 Å². The summed E-state index contributed by atoms with van der Waals surface area (Å²) in [4.78, 5) is 33.2. The highest BCUT2D eigenvalue weighted by molar-refractivity contribution is 5.95. The first kappa shape index (κ1) is 18.1. The van der Waals surface area contributed by atoms with Crippen LogP contribution in [0, 0.1) is 10.1 Å². The number of nitro benzene ring substituents is 1.